The van der Waals surface area contributed by atoms with Crippen molar-refractivity contribution >= 4 is 44.2 Å². The summed E-state index contributed by atoms with van der Waals surface area (Å²) in [5.41, 5.74) is 6.31. The fourth-order valence-electron chi connectivity index (χ4n) is 3.29. The van der Waals surface area contributed by atoms with Gasteiger partial charge in [0.25, 0.3) is 11.8 Å². The molecule has 0 saturated carbocycles. The smallest absolute Gasteiger partial charge is 0.267 e. The number of pyridine rings is 1. The average Bonchev–Trinajstić information content (AvgIpc) is 3.47. The number of hydrogen-bond donors (Lipinski definition) is 2. The molecule has 3 heterocycles. The predicted octanol–water partition coefficient (Wildman–Crippen LogP) is 2.17. The van der Waals surface area contributed by atoms with E-state index in [-0.39, 0.29) is 10.5 Å². The van der Waals surface area contributed by atoms with E-state index in [0.717, 1.165) is 9.18 Å². The van der Waals surface area contributed by atoms with Gasteiger partial charge in [0.1, 0.15) is 0 Å². The molecule has 0 unspecified atom stereocenters. The van der Waals surface area contributed by atoms with E-state index in [1.165, 1.54) is 38.4 Å². The first-order valence-electron chi connectivity index (χ1n) is 10.2. The highest BCUT2D eigenvalue weighted by Gasteiger charge is 2.20. The van der Waals surface area contributed by atoms with Crippen LogP contribution >= 0.6 is 11.3 Å². The van der Waals surface area contributed by atoms with Gasteiger partial charge in [-0.25, -0.2) is 22.4 Å². The Kier molecular flexibility index (Phi) is 6.46. The number of aromatic nitrogens is 3. The van der Waals surface area contributed by atoms with Gasteiger partial charge in [-0.2, -0.15) is 5.10 Å². The monoisotopic (exact) mass is 498 g/mol. The molecule has 2 N–H and O–H groups in total. The molecule has 1 aromatic carbocycles. The summed E-state index contributed by atoms with van der Waals surface area (Å²) in [4.78, 5) is 31.1. The molecule has 12 heteroatoms. The van der Waals surface area contributed by atoms with Crippen LogP contribution in [0.4, 0.5) is 0 Å². The number of carbonyl (C=O) groups is 2. The molecule has 176 valence electrons. The number of amides is 2. The molecule has 0 atom stereocenters. The van der Waals surface area contributed by atoms with Gasteiger partial charge >= 0.3 is 0 Å². The van der Waals surface area contributed by atoms with Crippen LogP contribution in [0.3, 0.4) is 0 Å². The van der Waals surface area contributed by atoms with Gasteiger partial charge in [0, 0.05) is 30.2 Å². The molecule has 34 heavy (non-hydrogen) atoms. The molecule has 3 aromatic heterocycles. The number of thiophene rings is 1. The Hall–Kier alpha value is -3.61. The number of hydrazine groups is 1. The molecule has 0 fully saturated rings. The van der Waals surface area contributed by atoms with Gasteiger partial charge in [0.15, 0.2) is 5.65 Å². The first-order chi connectivity index (χ1) is 16.2. The van der Waals surface area contributed by atoms with Crippen molar-refractivity contribution in [3.05, 3.63) is 75.7 Å². The van der Waals surface area contributed by atoms with Crippen LogP contribution in [-0.2, 0) is 16.6 Å². The number of fused-ring (bicyclic) bond motifs is 1. The molecule has 10 nitrogen and oxygen atoms in total. The van der Waals surface area contributed by atoms with Crippen molar-refractivity contribution < 1.29 is 18.0 Å². The molecule has 0 radical (unpaired) electrons. The number of aryl methyl sites for hydroxylation is 1. The molecule has 0 aliphatic carbocycles. The number of nitrogens with zero attached hydrogens (tertiary/aromatic N) is 4. The summed E-state index contributed by atoms with van der Waals surface area (Å²) in [5.74, 6) is -1.20. The van der Waals surface area contributed by atoms with Crippen molar-refractivity contribution in [1.82, 2.24) is 29.9 Å². The van der Waals surface area contributed by atoms with Crippen LogP contribution in [0.5, 0.6) is 0 Å². The number of hydrogen-bond acceptors (Lipinski definition) is 7. The van der Waals surface area contributed by atoms with E-state index in [1.807, 2.05) is 17.5 Å². The van der Waals surface area contributed by atoms with Crippen molar-refractivity contribution in [2.75, 3.05) is 14.1 Å². The summed E-state index contributed by atoms with van der Waals surface area (Å²) >= 11 is 1.60. The molecule has 0 spiro atoms. The molecular formula is C22H22N6O4S2. The van der Waals surface area contributed by atoms with Gasteiger partial charge < -0.3 is 0 Å². The Morgan fingerprint density at radius 3 is 2.56 bits per heavy atom. The zero-order valence-electron chi connectivity index (χ0n) is 18.6. The SMILES string of the molecule is Cc1cc(C(=O)NNC(=O)c2cccc(S(=O)(=O)N(C)C)c2)c2cnn(Cc3cccs3)c2n1. The Morgan fingerprint density at radius 1 is 1.09 bits per heavy atom. The van der Waals surface area contributed by atoms with Crippen LogP contribution in [-0.4, -0.2) is 53.4 Å². The van der Waals surface area contributed by atoms with Gasteiger partial charge in [-0.3, -0.25) is 20.4 Å². The third kappa shape index (κ3) is 4.69. The molecule has 2 amide bonds. The van der Waals surface area contributed by atoms with E-state index >= 15 is 0 Å². The summed E-state index contributed by atoms with van der Waals surface area (Å²) in [6.45, 7) is 2.30. The lowest BCUT2D eigenvalue weighted by Crippen LogP contribution is -2.41. The molecule has 0 saturated heterocycles. The Bertz CT molecular complexity index is 1480. The molecule has 0 aliphatic rings. The maximum atomic E-state index is 12.9. The standard InChI is InChI=1S/C22H22N6O4S2/c1-14-10-18(19-12-23-28(20(19)24-14)13-16-7-5-9-33-16)22(30)26-25-21(29)15-6-4-8-17(11-15)34(31,32)27(2)3/h4-12H,13H2,1-3H3,(H,25,29)(H,26,30). The second-order valence-electron chi connectivity index (χ2n) is 7.65. The minimum absolute atomic E-state index is 0.0268. The largest absolute Gasteiger partial charge is 0.270 e. The Labute approximate surface area is 200 Å². The average molecular weight is 499 g/mol. The maximum absolute atomic E-state index is 12.9. The van der Waals surface area contributed by atoms with E-state index in [4.69, 9.17) is 0 Å². The first kappa shape index (κ1) is 23.5. The normalized spacial score (nSPS) is 11.6. The third-order valence-corrected chi connectivity index (χ3v) is 7.70. The quantitative estimate of drug-likeness (QED) is 0.393. The summed E-state index contributed by atoms with van der Waals surface area (Å²) in [7, 11) is -0.892. The summed E-state index contributed by atoms with van der Waals surface area (Å²) in [6.07, 6.45) is 1.57. The summed E-state index contributed by atoms with van der Waals surface area (Å²) in [5, 5.41) is 6.90. The second-order valence-corrected chi connectivity index (χ2v) is 10.8. The minimum Gasteiger partial charge on any atom is -0.267 e. The van der Waals surface area contributed by atoms with Gasteiger partial charge in [0.05, 0.1) is 28.6 Å². The first-order valence-corrected chi connectivity index (χ1v) is 12.5. The fourth-order valence-corrected chi connectivity index (χ4v) is 4.92. The highest BCUT2D eigenvalue weighted by atomic mass is 32.2. The molecule has 0 bridgehead atoms. The summed E-state index contributed by atoms with van der Waals surface area (Å²) < 4.78 is 27.4. The van der Waals surface area contributed by atoms with Crippen LogP contribution in [0.2, 0.25) is 0 Å². The third-order valence-electron chi connectivity index (χ3n) is 5.03. The second kappa shape index (κ2) is 9.33. The van der Waals surface area contributed by atoms with Crippen LogP contribution in [0.1, 0.15) is 31.3 Å². The molecular weight excluding hydrogens is 476 g/mol. The molecule has 4 aromatic rings. The van der Waals surface area contributed by atoms with Crippen LogP contribution in [0.25, 0.3) is 11.0 Å². The lowest BCUT2D eigenvalue weighted by molar-refractivity contribution is 0.0847. The van der Waals surface area contributed by atoms with Crippen LogP contribution in [0, 0.1) is 6.92 Å². The van der Waals surface area contributed by atoms with E-state index in [9.17, 15) is 18.0 Å². The number of nitrogens with one attached hydrogen (secondary N) is 2. The zero-order valence-corrected chi connectivity index (χ0v) is 20.3. The van der Waals surface area contributed by atoms with Crippen LogP contribution in [0.15, 0.2) is 58.9 Å². The highest BCUT2D eigenvalue weighted by Crippen LogP contribution is 2.20. The topological polar surface area (TPSA) is 126 Å². The Balaban J connectivity index is 1.53. The number of benzene rings is 1. The van der Waals surface area contributed by atoms with Crippen molar-refractivity contribution in [3.8, 4) is 0 Å². The Morgan fingerprint density at radius 2 is 1.85 bits per heavy atom. The van der Waals surface area contributed by atoms with E-state index in [2.05, 4.69) is 20.9 Å². The predicted molar refractivity (Wildman–Crippen MR) is 128 cm³/mol. The lowest BCUT2D eigenvalue weighted by atomic mass is 10.1. The summed E-state index contributed by atoms with van der Waals surface area (Å²) in [6, 6.07) is 11.1. The minimum atomic E-state index is -3.70. The lowest BCUT2D eigenvalue weighted by Gasteiger charge is -2.13. The zero-order chi connectivity index (χ0) is 24.5. The number of rotatable bonds is 6. The van der Waals surface area contributed by atoms with Gasteiger partial charge in [-0.1, -0.05) is 12.1 Å². The van der Waals surface area contributed by atoms with Crippen molar-refractivity contribution in [2.24, 2.45) is 0 Å². The van der Waals surface area contributed by atoms with Gasteiger partial charge in [0.2, 0.25) is 10.0 Å². The van der Waals surface area contributed by atoms with Crippen molar-refractivity contribution in [1.29, 1.82) is 0 Å². The van der Waals surface area contributed by atoms with Gasteiger partial charge in [-0.15, -0.1) is 11.3 Å². The van der Waals surface area contributed by atoms with Crippen molar-refractivity contribution in [2.45, 2.75) is 18.4 Å². The maximum Gasteiger partial charge on any atom is 0.270 e. The molecule has 4 rings (SSSR count). The van der Waals surface area contributed by atoms with Gasteiger partial charge in [-0.05, 0) is 42.6 Å². The van der Waals surface area contributed by atoms with Crippen LogP contribution < -0.4 is 10.9 Å². The van der Waals surface area contributed by atoms with E-state index in [1.54, 1.807) is 35.2 Å². The molecule has 0 aliphatic heterocycles. The number of sulfonamides is 1. The highest BCUT2D eigenvalue weighted by molar-refractivity contribution is 7.89. The van der Waals surface area contributed by atoms with E-state index in [0.29, 0.717) is 28.8 Å². The number of carbonyl (C=O) groups excluding carboxylic acids is 2. The van der Waals surface area contributed by atoms with E-state index < -0.39 is 21.8 Å². The van der Waals surface area contributed by atoms with Crippen molar-refractivity contribution in [3.63, 3.8) is 0 Å². The fraction of sp³-hybridized carbons (Fsp3) is 0.182.